The number of aromatic nitrogens is 3. The minimum atomic E-state index is -0.0594. The topological polar surface area (TPSA) is 72.1 Å². The highest BCUT2D eigenvalue weighted by atomic mass is 32.2. The van der Waals surface area contributed by atoms with Crippen LogP contribution in [0.15, 0.2) is 33.2 Å². The van der Waals surface area contributed by atoms with E-state index in [1.54, 1.807) is 23.6 Å². The van der Waals surface area contributed by atoms with E-state index in [2.05, 4.69) is 15.2 Å². The number of carbonyl (C=O) groups excluding carboxylic acids is 1. The quantitative estimate of drug-likeness (QED) is 0.499. The Morgan fingerprint density at radius 1 is 1.26 bits per heavy atom. The van der Waals surface area contributed by atoms with Crippen LogP contribution in [-0.2, 0) is 16.3 Å². The van der Waals surface area contributed by atoms with Gasteiger partial charge in [-0.3, -0.25) is 9.69 Å². The Hall–Kier alpha value is -1.84. The Kier molecular flexibility index (Phi) is 6.56. The predicted octanol–water partition coefficient (Wildman–Crippen LogP) is 4.98. The average Bonchev–Trinajstić information content (AvgIpc) is 3.27. The van der Waals surface area contributed by atoms with Crippen LogP contribution in [0.25, 0.3) is 0 Å². The number of benzene rings is 1. The van der Waals surface area contributed by atoms with Crippen molar-refractivity contribution in [2.75, 3.05) is 11.2 Å². The SMILES string of the molecule is CSCc1nnc(SCc2csc(N(C(C)=O)c3cccc(C)c3C)n2)o1. The third-order valence-corrected chi connectivity index (χ3v) is 6.18. The highest BCUT2D eigenvalue weighted by molar-refractivity contribution is 7.98. The molecular formula is C18H20N4O2S3. The third-order valence-electron chi connectivity index (χ3n) is 3.92. The Balaban J connectivity index is 1.76. The maximum atomic E-state index is 12.3. The van der Waals surface area contributed by atoms with Gasteiger partial charge in [-0.25, -0.2) is 4.98 Å². The molecule has 0 spiro atoms. The lowest BCUT2D eigenvalue weighted by Crippen LogP contribution is -2.23. The number of rotatable bonds is 7. The molecule has 0 aliphatic carbocycles. The summed E-state index contributed by atoms with van der Waals surface area (Å²) in [4.78, 5) is 18.6. The maximum Gasteiger partial charge on any atom is 0.276 e. The standard InChI is InChI=1S/C18H20N4O2S3/c1-11-6-5-7-15(12(11)2)22(13(3)23)17-19-14(8-26-17)9-27-18-21-20-16(24-18)10-25-4/h5-8H,9-10H2,1-4H3. The van der Waals surface area contributed by atoms with E-state index < -0.39 is 0 Å². The largest absolute Gasteiger partial charge is 0.415 e. The molecule has 0 atom stereocenters. The summed E-state index contributed by atoms with van der Waals surface area (Å²) in [6.07, 6.45) is 1.99. The zero-order valence-electron chi connectivity index (χ0n) is 15.6. The molecule has 0 fully saturated rings. The van der Waals surface area contributed by atoms with Crippen LogP contribution >= 0.6 is 34.9 Å². The van der Waals surface area contributed by atoms with Gasteiger partial charge in [0.15, 0.2) is 5.13 Å². The van der Waals surface area contributed by atoms with E-state index >= 15 is 0 Å². The summed E-state index contributed by atoms with van der Waals surface area (Å²) < 4.78 is 5.57. The van der Waals surface area contributed by atoms with Crippen LogP contribution < -0.4 is 4.90 Å². The fourth-order valence-electron chi connectivity index (χ4n) is 2.46. The van der Waals surface area contributed by atoms with Crippen molar-refractivity contribution < 1.29 is 9.21 Å². The molecule has 2 aromatic heterocycles. The van der Waals surface area contributed by atoms with E-state index in [0.717, 1.165) is 22.5 Å². The number of anilines is 2. The zero-order chi connectivity index (χ0) is 19.4. The summed E-state index contributed by atoms with van der Waals surface area (Å²) in [6.45, 7) is 5.62. The predicted molar refractivity (Wildman–Crippen MR) is 112 cm³/mol. The normalized spacial score (nSPS) is 11.0. The highest BCUT2D eigenvalue weighted by Gasteiger charge is 2.20. The fraction of sp³-hybridized carbons (Fsp3) is 0.333. The maximum absolute atomic E-state index is 12.3. The Bertz CT molecular complexity index is 938. The van der Waals surface area contributed by atoms with Crippen molar-refractivity contribution in [3.63, 3.8) is 0 Å². The molecule has 27 heavy (non-hydrogen) atoms. The number of thioether (sulfide) groups is 2. The second kappa shape index (κ2) is 8.90. The lowest BCUT2D eigenvalue weighted by atomic mass is 10.1. The molecule has 0 unspecified atom stereocenters. The number of aryl methyl sites for hydroxylation is 1. The van der Waals surface area contributed by atoms with E-state index in [-0.39, 0.29) is 5.91 Å². The summed E-state index contributed by atoms with van der Waals surface area (Å²) in [6, 6.07) is 5.95. The van der Waals surface area contributed by atoms with Gasteiger partial charge in [0.05, 0.1) is 17.1 Å². The molecule has 2 heterocycles. The molecule has 0 radical (unpaired) electrons. The average molecular weight is 421 g/mol. The lowest BCUT2D eigenvalue weighted by molar-refractivity contribution is -0.115. The number of amides is 1. The molecule has 0 aliphatic heterocycles. The van der Waals surface area contributed by atoms with Crippen LogP contribution in [0.2, 0.25) is 0 Å². The molecule has 6 nitrogen and oxygen atoms in total. The van der Waals surface area contributed by atoms with Gasteiger partial charge in [0.1, 0.15) is 0 Å². The minimum Gasteiger partial charge on any atom is -0.415 e. The van der Waals surface area contributed by atoms with Crippen molar-refractivity contribution in [1.29, 1.82) is 0 Å². The van der Waals surface area contributed by atoms with E-state index in [0.29, 0.717) is 27.8 Å². The van der Waals surface area contributed by atoms with Gasteiger partial charge >= 0.3 is 0 Å². The van der Waals surface area contributed by atoms with E-state index in [1.807, 2.05) is 43.7 Å². The van der Waals surface area contributed by atoms with Gasteiger partial charge in [-0.15, -0.1) is 21.5 Å². The van der Waals surface area contributed by atoms with E-state index in [4.69, 9.17) is 4.42 Å². The first-order chi connectivity index (χ1) is 13.0. The van der Waals surface area contributed by atoms with Gasteiger partial charge in [-0.1, -0.05) is 23.9 Å². The first-order valence-corrected chi connectivity index (χ1v) is 11.5. The smallest absolute Gasteiger partial charge is 0.276 e. The van der Waals surface area contributed by atoms with Crippen molar-refractivity contribution in [3.05, 3.63) is 46.3 Å². The zero-order valence-corrected chi connectivity index (χ0v) is 18.0. The lowest BCUT2D eigenvalue weighted by Gasteiger charge is -2.21. The minimum absolute atomic E-state index is 0.0594. The summed E-state index contributed by atoms with van der Waals surface area (Å²) in [5.74, 6) is 1.88. The van der Waals surface area contributed by atoms with Crippen molar-refractivity contribution in [2.45, 2.75) is 37.5 Å². The van der Waals surface area contributed by atoms with Crippen molar-refractivity contribution >= 4 is 51.6 Å². The molecule has 0 bridgehead atoms. The van der Waals surface area contributed by atoms with Crippen LogP contribution in [0, 0.1) is 13.8 Å². The van der Waals surface area contributed by atoms with Crippen molar-refractivity contribution in [1.82, 2.24) is 15.2 Å². The molecule has 1 aromatic carbocycles. The first kappa shape index (κ1) is 19.9. The molecule has 142 valence electrons. The molecule has 0 saturated carbocycles. The molecule has 3 aromatic rings. The summed E-state index contributed by atoms with van der Waals surface area (Å²) in [7, 11) is 0. The second-order valence-electron chi connectivity index (χ2n) is 5.88. The Labute approximate surface area is 170 Å². The first-order valence-electron chi connectivity index (χ1n) is 8.25. The number of nitrogens with zero attached hydrogens (tertiary/aromatic N) is 4. The van der Waals surface area contributed by atoms with Gasteiger partial charge in [0, 0.05) is 18.1 Å². The number of thiazole rings is 1. The molecule has 0 aliphatic rings. The number of hydrogen-bond donors (Lipinski definition) is 0. The summed E-state index contributed by atoms with van der Waals surface area (Å²) >= 11 is 4.54. The second-order valence-corrected chi connectivity index (χ2v) is 8.51. The van der Waals surface area contributed by atoms with Crippen molar-refractivity contribution in [3.8, 4) is 0 Å². The highest BCUT2D eigenvalue weighted by Crippen LogP contribution is 2.33. The van der Waals surface area contributed by atoms with Crippen LogP contribution in [0.3, 0.4) is 0 Å². The van der Waals surface area contributed by atoms with Crippen LogP contribution in [-0.4, -0.2) is 27.3 Å². The van der Waals surface area contributed by atoms with Gasteiger partial charge in [-0.2, -0.15) is 11.8 Å². The number of hydrogen-bond acceptors (Lipinski definition) is 8. The van der Waals surface area contributed by atoms with Crippen LogP contribution in [0.4, 0.5) is 10.8 Å². The van der Waals surface area contributed by atoms with Gasteiger partial charge in [0.2, 0.25) is 11.8 Å². The van der Waals surface area contributed by atoms with Gasteiger partial charge in [0.25, 0.3) is 5.22 Å². The number of carbonyl (C=O) groups is 1. The molecule has 0 saturated heterocycles. The van der Waals surface area contributed by atoms with E-state index in [9.17, 15) is 4.79 Å². The van der Waals surface area contributed by atoms with Crippen LogP contribution in [0.1, 0.15) is 29.6 Å². The van der Waals surface area contributed by atoms with Crippen LogP contribution in [0.5, 0.6) is 0 Å². The van der Waals surface area contributed by atoms with E-state index in [1.165, 1.54) is 23.1 Å². The molecular weight excluding hydrogens is 400 g/mol. The fourth-order valence-corrected chi connectivity index (χ4v) is 4.49. The summed E-state index contributed by atoms with van der Waals surface area (Å²) in [5.41, 5.74) is 3.96. The summed E-state index contributed by atoms with van der Waals surface area (Å²) in [5, 5.41) is 11.2. The van der Waals surface area contributed by atoms with Crippen molar-refractivity contribution in [2.24, 2.45) is 0 Å². The van der Waals surface area contributed by atoms with Gasteiger partial charge in [-0.05, 0) is 37.3 Å². The molecule has 0 N–H and O–H groups in total. The Morgan fingerprint density at radius 2 is 2.07 bits per heavy atom. The molecule has 3 rings (SSSR count). The van der Waals surface area contributed by atoms with Gasteiger partial charge < -0.3 is 4.42 Å². The monoisotopic (exact) mass is 420 g/mol. The third kappa shape index (κ3) is 4.72. The Morgan fingerprint density at radius 3 is 2.81 bits per heavy atom. The molecule has 9 heteroatoms. The molecule has 1 amide bonds.